The molecule has 0 spiro atoms. The molecule has 1 aromatic heterocycles. The van der Waals surface area contributed by atoms with Crippen LogP contribution in [0, 0.1) is 12.8 Å². The highest BCUT2D eigenvalue weighted by Gasteiger charge is 2.27. The molecular weight excluding hydrogens is 356 g/mol. The Bertz CT molecular complexity index is 808. The summed E-state index contributed by atoms with van der Waals surface area (Å²) in [6.07, 6.45) is 4.02. The molecule has 2 heterocycles. The van der Waals surface area contributed by atoms with Gasteiger partial charge >= 0.3 is 0 Å². The van der Waals surface area contributed by atoms with Gasteiger partial charge in [-0.15, -0.1) is 16.8 Å². The zero-order valence-electron chi connectivity index (χ0n) is 16.4. The molecule has 27 heavy (non-hydrogen) atoms. The number of nitrogens with zero attached hydrogens (tertiary/aromatic N) is 4. The molecule has 1 aromatic carbocycles. The third-order valence-electron chi connectivity index (χ3n) is 5.03. The first-order valence-electron chi connectivity index (χ1n) is 9.56. The highest BCUT2D eigenvalue weighted by atomic mass is 32.2. The summed E-state index contributed by atoms with van der Waals surface area (Å²) in [6, 6.07) is 8.22. The molecule has 1 amide bonds. The molecule has 0 bridgehead atoms. The van der Waals surface area contributed by atoms with Crippen molar-refractivity contribution in [3.05, 3.63) is 42.5 Å². The summed E-state index contributed by atoms with van der Waals surface area (Å²) in [6.45, 7) is 12.5. The van der Waals surface area contributed by atoms with Crippen molar-refractivity contribution < 1.29 is 4.79 Å². The average molecular weight is 385 g/mol. The lowest BCUT2D eigenvalue weighted by Crippen LogP contribution is -2.41. The number of thioether (sulfide) groups is 1. The Labute approximate surface area is 165 Å². The maximum atomic E-state index is 12.8. The number of aromatic nitrogens is 3. The van der Waals surface area contributed by atoms with E-state index in [1.165, 1.54) is 17.3 Å². The lowest BCUT2D eigenvalue weighted by Gasteiger charge is -2.31. The zero-order valence-corrected chi connectivity index (χ0v) is 17.2. The lowest BCUT2D eigenvalue weighted by molar-refractivity contribution is -0.131. The third-order valence-corrected chi connectivity index (χ3v) is 6.10. The summed E-state index contributed by atoms with van der Waals surface area (Å²) in [5, 5.41) is 9.36. The number of rotatable bonds is 6. The van der Waals surface area contributed by atoms with Gasteiger partial charge < -0.3 is 4.90 Å². The van der Waals surface area contributed by atoms with Crippen molar-refractivity contribution in [1.82, 2.24) is 19.7 Å². The van der Waals surface area contributed by atoms with Gasteiger partial charge in [0.1, 0.15) is 0 Å². The highest BCUT2D eigenvalue weighted by molar-refractivity contribution is 8.00. The number of carbonyl (C=O) groups is 1. The fraction of sp³-hybridized carbons (Fsp3) is 0.476. The molecule has 5 nitrogen and oxygen atoms in total. The van der Waals surface area contributed by atoms with Crippen molar-refractivity contribution in [2.45, 2.75) is 50.6 Å². The van der Waals surface area contributed by atoms with Gasteiger partial charge in [0.2, 0.25) is 5.91 Å². The van der Waals surface area contributed by atoms with Gasteiger partial charge in [0.15, 0.2) is 11.0 Å². The predicted molar refractivity (Wildman–Crippen MR) is 111 cm³/mol. The smallest absolute Gasteiger partial charge is 0.235 e. The summed E-state index contributed by atoms with van der Waals surface area (Å²) in [7, 11) is 0. The number of aryl methyl sites for hydroxylation is 1. The van der Waals surface area contributed by atoms with Gasteiger partial charge in [-0.25, -0.2) is 0 Å². The first-order valence-corrected chi connectivity index (χ1v) is 10.4. The Morgan fingerprint density at radius 2 is 2.11 bits per heavy atom. The number of benzene rings is 1. The van der Waals surface area contributed by atoms with E-state index in [-0.39, 0.29) is 11.2 Å². The number of hydrogen-bond acceptors (Lipinski definition) is 4. The minimum atomic E-state index is -0.184. The van der Waals surface area contributed by atoms with Gasteiger partial charge in [-0.3, -0.25) is 9.36 Å². The highest BCUT2D eigenvalue weighted by Crippen LogP contribution is 2.29. The van der Waals surface area contributed by atoms with Crippen LogP contribution in [0.2, 0.25) is 0 Å². The quantitative estimate of drug-likeness (QED) is 0.554. The van der Waals surface area contributed by atoms with Crippen molar-refractivity contribution in [1.29, 1.82) is 0 Å². The average Bonchev–Trinajstić information content (AvgIpc) is 3.04. The Morgan fingerprint density at radius 3 is 2.78 bits per heavy atom. The summed E-state index contributed by atoms with van der Waals surface area (Å²) in [4.78, 5) is 14.8. The number of carbonyl (C=O) groups excluding carboxylic acids is 1. The number of likely N-dealkylation sites (tertiary alicyclic amines) is 1. The van der Waals surface area contributed by atoms with Crippen LogP contribution in [0.3, 0.4) is 0 Å². The molecule has 0 saturated carbocycles. The summed E-state index contributed by atoms with van der Waals surface area (Å²) < 4.78 is 2.04. The van der Waals surface area contributed by atoms with E-state index < -0.39 is 0 Å². The van der Waals surface area contributed by atoms with E-state index in [1.54, 1.807) is 0 Å². The first-order chi connectivity index (χ1) is 13.0. The Morgan fingerprint density at radius 1 is 1.37 bits per heavy atom. The van der Waals surface area contributed by atoms with Crippen LogP contribution in [0.15, 0.2) is 42.1 Å². The minimum absolute atomic E-state index is 0.184. The van der Waals surface area contributed by atoms with E-state index in [2.05, 4.69) is 42.8 Å². The molecule has 1 saturated heterocycles. The standard InChI is InChI=1S/C21H28N4OS/c1-5-11-25-19(18-8-6-7-16(3)14-18)22-23-21(25)27-17(4)20(26)24-12-9-15(2)10-13-24/h5-8,14-15,17H,1,9-13H2,2-4H3. The van der Waals surface area contributed by atoms with Crippen LogP contribution in [-0.2, 0) is 11.3 Å². The molecule has 1 fully saturated rings. The number of hydrogen-bond donors (Lipinski definition) is 0. The SMILES string of the molecule is C=CCn1c(SC(C)C(=O)N2CCC(C)CC2)nnc1-c1cccc(C)c1. The zero-order chi connectivity index (χ0) is 19.4. The monoisotopic (exact) mass is 384 g/mol. The lowest BCUT2D eigenvalue weighted by atomic mass is 9.99. The Kier molecular flexibility index (Phi) is 6.37. The van der Waals surface area contributed by atoms with Gasteiger partial charge in [0.05, 0.1) is 5.25 Å². The number of piperidine rings is 1. The molecule has 1 atom stereocenters. The van der Waals surface area contributed by atoms with Crippen LogP contribution in [0.5, 0.6) is 0 Å². The van der Waals surface area contributed by atoms with Crippen molar-refractivity contribution in [2.24, 2.45) is 5.92 Å². The fourth-order valence-electron chi connectivity index (χ4n) is 3.36. The van der Waals surface area contributed by atoms with E-state index in [4.69, 9.17) is 0 Å². The van der Waals surface area contributed by atoms with Gasteiger partial charge in [-0.2, -0.15) is 0 Å². The second-order valence-electron chi connectivity index (χ2n) is 7.34. The molecule has 3 rings (SSSR count). The van der Waals surface area contributed by atoms with Crippen LogP contribution in [-0.4, -0.2) is 43.9 Å². The molecule has 2 aromatic rings. The normalized spacial score (nSPS) is 16.3. The van der Waals surface area contributed by atoms with E-state index in [9.17, 15) is 4.79 Å². The Balaban J connectivity index is 1.78. The summed E-state index contributed by atoms with van der Waals surface area (Å²) in [5.41, 5.74) is 2.21. The van der Waals surface area contributed by atoms with E-state index in [0.717, 1.165) is 42.5 Å². The molecule has 0 aliphatic carbocycles. The molecular formula is C21H28N4OS. The van der Waals surface area contributed by atoms with Crippen LogP contribution >= 0.6 is 11.8 Å². The number of amides is 1. The van der Waals surface area contributed by atoms with Crippen LogP contribution < -0.4 is 0 Å². The fourth-order valence-corrected chi connectivity index (χ4v) is 4.30. The summed E-state index contributed by atoms with van der Waals surface area (Å²) in [5.74, 6) is 1.72. The number of allylic oxidation sites excluding steroid dienone is 1. The largest absolute Gasteiger partial charge is 0.342 e. The second kappa shape index (κ2) is 8.74. The van der Waals surface area contributed by atoms with Gasteiger partial charge in [-0.1, -0.05) is 48.5 Å². The second-order valence-corrected chi connectivity index (χ2v) is 8.65. The van der Waals surface area contributed by atoms with Crippen molar-refractivity contribution >= 4 is 17.7 Å². The van der Waals surface area contributed by atoms with Crippen LogP contribution in [0.1, 0.15) is 32.3 Å². The van der Waals surface area contributed by atoms with E-state index >= 15 is 0 Å². The van der Waals surface area contributed by atoms with Crippen molar-refractivity contribution in [3.8, 4) is 11.4 Å². The Hall–Kier alpha value is -2.08. The van der Waals surface area contributed by atoms with Crippen molar-refractivity contribution in [3.63, 3.8) is 0 Å². The molecule has 1 aliphatic heterocycles. The first kappa shape index (κ1) is 19.7. The van der Waals surface area contributed by atoms with Crippen LogP contribution in [0.4, 0.5) is 0 Å². The molecule has 0 radical (unpaired) electrons. The molecule has 0 N–H and O–H groups in total. The summed E-state index contributed by atoms with van der Waals surface area (Å²) >= 11 is 1.48. The minimum Gasteiger partial charge on any atom is -0.342 e. The third kappa shape index (κ3) is 4.61. The van der Waals surface area contributed by atoms with Gasteiger partial charge in [-0.05, 0) is 38.7 Å². The van der Waals surface area contributed by atoms with Gasteiger partial charge in [0, 0.05) is 25.2 Å². The molecule has 1 aliphatic rings. The van der Waals surface area contributed by atoms with Crippen molar-refractivity contribution in [2.75, 3.05) is 13.1 Å². The van der Waals surface area contributed by atoms with Gasteiger partial charge in [0.25, 0.3) is 0 Å². The van der Waals surface area contributed by atoms with Crippen LogP contribution in [0.25, 0.3) is 11.4 Å². The maximum Gasteiger partial charge on any atom is 0.235 e. The molecule has 1 unspecified atom stereocenters. The predicted octanol–water partition coefficient (Wildman–Crippen LogP) is 4.18. The van der Waals surface area contributed by atoms with E-state index in [0.29, 0.717) is 12.5 Å². The molecule has 6 heteroatoms. The molecule has 144 valence electrons. The topological polar surface area (TPSA) is 51.0 Å². The van der Waals surface area contributed by atoms with E-state index in [1.807, 2.05) is 34.6 Å². The maximum absolute atomic E-state index is 12.8.